The van der Waals surface area contributed by atoms with Crippen molar-refractivity contribution in [3.8, 4) is 0 Å². The van der Waals surface area contributed by atoms with Crippen LogP contribution in [0.3, 0.4) is 0 Å². The zero-order valence-electron chi connectivity index (χ0n) is 15.1. The van der Waals surface area contributed by atoms with E-state index in [9.17, 15) is 4.79 Å². The molecule has 1 aromatic carbocycles. The molecule has 0 saturated heterocycles. The zero-order chi connectivity index (χ0) is 17.0. The van der Waals surface area contributed by atoms with Crippen LogP contribution in [0.15, 0.2) is 24.3 Å². The van der Waals surface area contributed by atoms with Gasteiger partial charge in [-0.3, -0.25) is 0 Å². The fourth-order valence-electron chi connectivity index (χ4n) is 2.87. The fraction of sp³-hybridized carbons (Fsp3) is 0.632. The molecule has 0 heterocycles. The fourth-order valence-corrected chi connectivity index (χ4v) is 2.87. The molecule has 1 amide bonds. The summed E-state index contributed by atoms with van der Waals surface area (Å²) >= 11 is 0. The number of nitrogens with one attached hydrogen (secondary N) is 1. The summed E-state index contributed by atoms with van der Waals surface area (Å²) < 4.78 is 5.47. The molecule has 0 aromatic heterocycles. The third-order valence-electron chi connectivity index (χ3n) is 4.08. The number of hydrogen-bond acceptors (Lipinski definition) is 3. The van der Waals surface area contributed by atoms with Crippen LogP contribution in [0.2, 0.25) is 0 Å². The maximum Gasteiger partial charge on any atom is 0.410 e. The predicted octanol–water partition coefficient (Wildman–Crippen LogP) is 4.65. The van der Waals surface area contributed by atoms with Crippen LogP contribution >= 0.6 is 0 Å². The normalized spacial score (nSPS) is 20.6. The lowest BCUT2D eigenvalue weighted by Crippen LogP contribution is -2.36. The number of anilines is 1. The highest BCUT2D eigenvalue weighted by atomic mass is 16.6. The summed E-state index contributed by atoms with van der Waals surface area (Å²) in [5.41, 5.74) is 1.80. The second-order valence-electron chi connectivity index (χ2n) is 7.61. The number of ether oxygens (including phenoxy) is 1. The molecule has 2 rings (SSSR count). The second kappa shape index (κ2) is 7.24. The van der Waals surface area contributed by atoms with Gasteiger partial charge >= 0.3 is 6.09 Å². The molecule has 23 heavy (non-hydrogen) atoms. The monoisotopic (exact) mass is 318 g/mol. The summed E-state index contributed by atoms with van der Waals surface area (Å²) in [5.74, 6) is 0.832. The van der Waals surface area contributed by atoms with Crippen molar-refractivity contribution in [1.29, 1.82) is 0 Å². The number of carbonyl (C=O) groups is 1. The number of benzene rings is 1. The molecule has 0 spiro atoms. The van der Waals surface area contributed by atoms with Gasteiger partial charge in [0.15, 0.2) is 0 Å². The highest BCUT2D eigenvalue weighted by Crippen LogP contribution is 2.29. The quantitative estimate of drug-likeness (QED) is 0.859. The van der Waals surface area contributed by atoms with Crippen molar-refractivity contribution in [2.45, 2.75) is 65.6 Å². The largest absolute Gasteiger partial charge is 0.444 e. The van der Waals surface area contributed by atoms with Gasteiger partial charge in [0.1, 0.15) is 5.60 Å². The topological polar surface area (TPSA) is 41.6 Å². The van der Waals surface area contributed by atoms with Crippen LogP contribution in [0, 0.1) is 5.92 Å². The van der Waals surface area contributed by atoms with Crippen LogP contribution in [0.1, 0.15) is 53.0 Å². The van der Waals surface area contributed by atoms with E-state index in [1.807, 2.05) is 33.8 Å². The SMILES string of the molecule is CCN(Cc1cccc(NC2CC(C)C2)c1)C(=O)OC(C)(C)C. The van der Waals surface area contributed by atoms with Crippen molar-refractivity contribution in [2.24, 2.45) is 5.92 Å². The Kier molecular flexibility index (Phi) is 5.55. The van der Waals surface area contributed by atoms with Gasteiger partial charge in [0.2, 0.25) is 0 Å². The summed E-state index contributed by atoms with van der Waals surface area (Å²) in [4.78, 5) is 14.0. The second-order valence-corrected chi connectivity index (χ2v) is 7.61. The number of amides is 1. The van der Waals surface area contributed by atoms with Gasteiger partial charge in [-0.15, -0.1) is 0 Å². The third-order valence-corrected chi connectivity index (χ3v) is 4.08. The van der Waals surface area contributed by atoms with E-state index in [4.69, 9.17) is 4.74 Å². The Morgan fingerprint density at radius 2 is 2.04 bits per heavy atom. The first kappa shape index (κ1) is 17.6. The molecule has 0 unspecified atom stereocenters. The minimum Gasteiger partial charge on any atom is -0.444 e. The lowest BCUT2D eigenvalue weighted by Gasteiger charge is -2.34. The highest BCUT2D eigenvalue weighted by molar-refractivity contribution is 5.68. The van der Waals surface area contributed by atoms with Crippen molar-refractivity contribution in [3.63, 3.8) is 0 Å². The molecule has 1 fully saturated rings. The Morgan fingerprint density at radius 3 is 2.61 bits per heavy atom. The standard InChI is InChI=1S/C19H30N2O2/c1-6-21(18(22)23-19(3,4)5)13-15-8-7-9-16(12-15)20-17-10-14(2)11-17/h7-9,12,14,17,20H,6,10-11,13H2,1-5H3. The Labute approximate surface area is 140 Å². The van der Waals surface area contributed by atoms with Gasteiger partial charge in [-0.2, -0.15) is 0 Å². The van der Waals surface area contributed by atoms with Crippen molar-refractivity contribution in [3.05, 3.63) is 29.8 Å². The first-order chi connectivity index (χ1) is 10.8. The third kappa shape index (κ3) is 5.45. The van der Waals surface area contributed by atoms with Crippen LogP contribution in [0.25, 0.3) is 0 Å². The molecule has 1 aromatic rings. The van der Waals surface area contributed by atoms with Gasteiger partial charge < -0.3 is 15.0 Å². The van der Waals surface area contributed by atoms with E-state index >= 15 is 0 Å². The maximum absolute atomic E-state index is 12.2. The minimum atomic E-state index is -0.463. The van der Waals surface area contributed by atoms with Crippen LogP contribution < -0.4 is 5.32 Å². The van der Waals surface area contributed by atoms with Gasteiger partial charge in [-0.05, 0) is 64.2 Å². The first-order valence-electron chi connectivity index (χ1n) is 8.60. The van der Waals surface area contributed by atoms with Crippen molar-refractivity contribution in [2.75, 3.05) is 11.9 Å². The molecule has 1 aliphatic carbocycles. The smallest absolute Gasteiger partial charge is 0.410 e. The van der Waals surface area contributed by atoms with Crippen LogP contribution in [0.4, 0.5) is 10.5 Å². The van der Waals surface area contributed by atoms with Crippen LogP contribution in [0.5, 0.6) is 0 Å². The molecule has 1 N–H and O–H groups in total. The molecule has 1 aliphatic rings. The van der Waals surface area contributed by atoms with E-state index < -0.39 is 5.60 Å². The van der Waals surface area contributed by atoms with Crippen LogP contribution in [-0.4, -0.2) is 29.2 Å². The molecule has 0 aliphatic heterocycles. The summed E-state index contributed by atoms with van der Waals surface area (Å²) in [5, 5.41) is 3.57. The van der Waals surface area contributed by atoms with E-state index in [-0.39, 0.29) is 6.09 Å². The lowest BCUT2D eigenvalue weighted by atomic mass is 9.82. The van der Waals surface area contributed by atoms with E-state index in [0.717, 1.165) is 17.2 Å². The Morgan fingerprint density at radius 1 is 1.35 bits per heavy atom. The molecule has 0 radical (unpaired) electrons. The Balaban J connectivity index is 1.96. The molecule has 1 saturated carbocycles. The average Bonchev–Trinajstić information content (AvgIpc) is 2.41. The molecule has 4 heteroatoms. The minimum absolute atomic E-state index is 0.258. The Hall–Kier alpha value is -1.71. The summed E-state index contributed by atoms with van der Waals surface area (Å²) in [7, 11) is 0. The molecule has 0 bridgehead atoms. The number of carbonyl (C=O) groups excluding carboxylic acids is 1. The summed E-state index contributed by atoms with van der Waals surface area (Å²) in [6, 6.07) is 8.92. The van der Waals surface area contributed by atoms with E-state index in [2.05, 4.69) is 30.4 Å². The molecule has 0 atom stereocenters. The lowest BCUT2D eigenvalue weighted by molar-refractivity contribution is 0.0244. The first-order valence-corrected chi connectivity index (χ1v) is 8.60. The predicted molar refractivity (Wildman–Crippen MR) is 94.6 cm³/mol. The summed E-state index contributed by atoms with van der Waals surface area (Å²) in [6.45, 7) is 11.1. The van der Waals surface area contributed by atoms with Crippen molar-refractivity contribution in [1.82, 2.24) is 4.90 Å². The molecular formula is C19H30N2O2. The summed E-state index contributed by atoms with van der Waals surface area (Å²) in [6.07, 6.45) is 2.22. The van der Waals surface area contributed by atoms with Crippen molar-refractivity contribution < 1.29 is 9.53 Å². The number of rotatable bonds is 5. The molecule has 128 valence electrons. The van der Waals surface area contributed by atoms with Gasteiger partial charge in [0, 0.05) is 24.8 Å². The average molecular weight is 318 g/mol. The molecule has 4 nitrogen and oxygen atoms in total. The van der Waals surface area contributed by atoms with Gasteiger partial charge in [0.05, 0.1) is 0 Å². The van der Waals surface area contributed by atoms with Crippen molar-refractivity contribution >= 4 is 11.8 Å². The number of nitrogens with zero attached hydrogens (tertiary/aromatic N) is 1. The van der Waals surface area contributed by atoms with Gasteiger partial charge in [-0.1, -0.05) is 19.1 Å². The zero-order valence-corrected chi connectivity index (χ0v) is 15.1. The van der Waals surface area contributed by atoms with Gasteiger partial charge in [-0.25, -0.2) is 4.79 Å². The number of hydrogen-bond donors (Lipinski definition) is 1. The van der Waals surface area contributed by atoms with E-state index in [1.165, 1.54) is 12.8 Å². The maximum atomic E-state index is 12.2. The Bertz CT molecular complexity index is 530. The highest BCUT2D eigenvalue weighted by Gasteiger charge is 2.25. The molecular weight excluding hydrogens is 288 g/mol. The van der Waals surface area contributed by atoms with Gasteiger partial charge in [0.25, 0.3) is 0 Å². The van der Waals surface area contributed by atoms with E-state index in [1.54, 1.807) is 4.90 Å². The van der Waals surface area contributed by atoms with E-state index in [0.29, 0.717) is 19.1 Å². The van der Waals surface area contributed by atoms with Crippen LogP contribution in [-0.2, 0) is 11.3 Å².